The molecule has 0 spiro atoms. The van der Waals surface area contributed by atoms with Gasteiger partial charge in [0.25, 0.3) is 0 Å². The molecule has 0 aliphatic carbocycles. The maximum Gasteiger partial charge on any atom is -0.0157 e. The van der Waals surface area contributed by atoms with Gasteiger partial charge in [0.05, 0.1) is 0 Å². The van der Waals surface area contributed by atoms with Crippen molar-refractivity contribution in [3.8, 4) is 0 Å². The van der Waals surface area contributed by atoms with E-state index in [1.165, 1.54) is 0 Å². The Bertz CT molecular complexity index is 108. The van der Waals surface area contributed by atoms with Gasteiger partial charge in [-0.2, -0.15) is 0 Å². The molecule has 0 rings (SSSR count). The average Bonchev–Trinajstić information content (AvgIpc) is 1.96. The monoisotopic (exact) mass is 446 g/mol. The van der Waals surface area contributed by atoms with Gasteiger partial charge in [-0.15, -0.1) is 42.7 Å². The Kier molecular flexibility index (Phi) is 15.3. The molecule has 14 heavy (non-hydrogen) atoms. The van der Waals surface area contributed by atoms with Crippen LogP contribution in [-0.4, -0.2) is 0 Å². The summed E-state index contributed by atoms with van der Waals surface area (Å²) in [4.78, 5) is 0. The maximum absolute atomic E-state index is 3.79. The minimum absolute atomic E-state index is 0.00206. The van der Waals surface area contributed by atoms with Gasteiger partial charge >= 0.3 is 0 Å². The Labute approximate surface area is 113 Å². The lowest BCUT2D eigenvalue weighted by molar-refractivity contribution is 4.58. The van der Waals surface area contributed by atoms with Gasteiger partial charge in [0.1, 0.15) is 0 Å². The standard InChI is InChI=1S/H12P14/c1-9(2)13(10(3)4)14(11(5)6)12(7)8/h1-4H,5-8H2/q-4. The predicted molar refractivity (Wildman–Crippen MR) is 114 cm³/mol. The third-order valence-electron chi connectivity index (χ3n) is 0.931. The number of hydrogen-bond donors (Lipinski definition) is 0. The number of hydrogen-bond acceptors (Lipinski definition) is 0. The Morgan fingerprint density at radius 1 is 0.571 bits per heavy atom. The molecule has 0 fully saturated rings. The smallest absolute Gasteiger partial charge is 0.0157 e. The van der Waals surface area contributed by atoms with Crippen molar-refractivity contribution < 1.29 is 0 Å². The summed E-state index contributed by atoms with van der Waals surface area (Å²) in [6, 6.07) is 0. The van der Waals surface area contributed by atoms with Crippen molar-refractivity contribution >= 4 is 113 Å². The molecule has 0 aromatic carbocycles. The molecule has 0 aliphatic heterocycles. The molecular formula is H12P14-4. The lowest BCUT2D eigenvalue weighted by atomic mass is 28.6. The average molecular weight is 446 g/mol. The van der Waals surface area contributed by atoms with Crippen molar-refractivity contribution in [2.45, 2.75) is 0 Å². The molecule has 0 N–H and O–H groups in total. The largest absolute Gasteiger partial charge is 0.553 e. The highest BCUT2D eigenvalue weighted by molar-refractivity contribution is 9.27. The van der Waals surface area contributed by atoms with Crippen molar-refractivity contribution in [2.24, 2.45) is 0 Å². The summed E-state index contributed by atoms with van der Waals surface area (Å²) in [6.45, 7) is -0.265. The maximum atomic E-state index is 3.79. The fraction of sp³-hybridized carbons (Fsp3) is 0. The van der Waals surface area contributed by atoms with E-state index in [-0.39, 0.29) is 41.9 Å². The second-order valence-corrected chi connectivity index (χ2v) is 51.8. The van der Waals surface area contributed by atoms with Gasteiger partial charge in [-0.05, 0) is 21.0 Å². The molecule has 0 aromatic rings. The molecule has 0 aliphatic rings. The molecule has 0 heterocycles. The van der Waals surface area contributed by atoms with Crippen LogP contribution in [0.3, 0.4) is 0 Å². The first-order chi connectivity index (χ1) is 6.29. The van der Waals surface area contributed by atoms with Gasteiger partial charge in [-0.3, -0.25) is 0 Å². The highest BCUT2D eigenvalue weighted by Crippen LogP contribution is 3.21. The van der Waals surface area contributed by atoms with Crippen LogP contribution in [0.4, 0.5) is 0 Å². The molecule has 0 aromatic heterocycles. The van der Waals surface area contributed by atoms with Crippen molar-refractivity contribution in [3.05, 3.63) is 0 Å². The summed E-state index contributed by atoms with van der Waals surface area (Å²) in [5.74, 6) is 0. The van der Waals surface area contributed by atoms with Crippen LogP contribution in [0.15, 0.2) is 0 Å². The highest BCUT2D eigenvalue weighted by Gasteiger charge is 2.22. The van der Waals surface area contributed by atoms with E-state index < -0.39 is 0 Å². The molecule has 0 saturated heterocycles. The van der Waals surface area contributed by atoms with E-state index in [1.54, 1.807) is 0 Å². The fourth-order valence-electron chi connectivity index (χ4n) is 0.553. The van der Waals surface area contributed by atoms with Crippen LogP contribution in [0, 0.1) is 0 Å². The van der Waals surface area contributed by atoms with Crippen molar-refractivity contribution in [2.75, 3.05) is 0 Å². The highest BCUT2D eigenvalue weighted by atomic mass is 33.3. The first-order valence-corrected chi connectivity index (χ1v) is 26.3. The van der Waals surface area contributed by atoms with Crippen molar-refractivity contribution in [3.63, 3.8) is 0 Å². The van der Waals surface area contributed by atoms with Crippen LogP contribution < -0.4 is 0 Å². The molecule has 4 atom stereocenters. The molecule has 14 heteroatoms. The first-order valence-electron chi connectivity index (χ1n) is 2.93. The third-order valence-corrected chi connectivity index (χ3v) is 75.4. The lowest BCUT2D eigenvalue weighted by Gasteiger charge is -2.57. The van der Waals surface area contributed by atoms with Crippen molar-refractivity contribution in [1.82, 2.24) is 0 Å². The Morgan fingerprint density at radius 2 is 0.857 bits per heavy atom. The summed E-state index contributed by atoms with van der Waals surface area (Å²) in [5, 5.41) is 0. The summed E-state index contributed by atoms with van der Waals surface area (Å²) >= 11 is 0. The minimum Gasteiger partial charge on any atom is -0.553 e. The van der Waals surface area contributed by atoms with Gasteiger partial charge in [-0.25, -0.2) is 0 Å². The molecule has 0 nitrogen and oxygen atoms in total. The summed E-state index contributed by atoms with van der Waals surface area (Å²) in [7, 11) is 27.2. The normalized spacial score (nSPS) is 13.3. The van der Waals surface area contributed by atoms with E-state index in [2.05, 4.69) is 71.4 Å². The van der Waals surface area contributed by atoms with E-state index in [0.717, 1.165) is 0 Å². The number of rotatable bonds is 5. The molecule has 0 amide bonds. The van der Waals surface area contributed by atoms with E-state index in [9.17, 15) is 0 Å². The zero-order chi connectivity index (χ0) is 11.5. The van der Waals surface area contributed by atoms with Gasteiger partial charge in [-0.1, -0.05) is 0 Å². The zero-order valence-electron chi connectivity index (χ0n) is 6.99. The van der Waals surface area contributed by atoms with E-state index in [0.29, 0.717) is 0 Å². The molecule has 0 radical (unpaired) electrons. The van der Waals surface area contributed by atoms with Crippen LogP contribution in [0.1, 0.15) is 0 Å². The van der Waals surface area contributed by atoms with E-state index in [1.807, 2.05) is 0 Å². The fourth-order valence-corrected chi connectivity index (χ4v) is 134. The van der Waals surface area contributed by atoms with Crippen LogP contribution in [0.2, 0.25) is 0 Å². The molecule has 4 unspecified atom stereocenters. The van der Waals surface area contributed by atoms with Crippen LogP contribution in [-0.2, 0) is 0 Å². The first kappa shape index (κ1) is 20.0. The Morgan fingerprint density at radius 3 is 0.929 bits per heavy atom. The predicted octanol–water partition coefficient (Wildman–Crippen LogP) is 8.84. The second kappa shape index (κ2) is 10.7. The summed E-state index contributed by atoms with van der Waals surface area (Å²) in [5.41, 5.74) is 0. The van der Waals surface area contributed by atoms with Crippen molar-refractivity contribution in [1.29, 1.82) is 0 Å². The Hall–Kier alpha value is 6.02. The van der Waals surface area contributed by atoms with Crippen LogP contribution in [0.5, 0.6) is 0 Å². The van der Waals surface area contributed by atoms with E-state index in [4.69, 9.17) is 0 Å². The molecular weight excluding hydrogens is 434 g/mol. The van der Waals surface area contributed by atoms with Crippen LogP contribution >= 0.6 is 113 Å². The molecule has 0 bridgehead atoms. The summed E-state index contributed by atoms with van der Waals surface area (Å²) < 4.78 is 0. The zero-order valence-corrected chi connectivity index (χ0v) is 21.0. The quantitative estimate of drug-likeness (QED) is 0.371. The third kappa shape index (κ3) is 7.71. The van der Waals surface area contributed by atoms with Gasteiger partial charge in [0.2, 0.25) is 0 Å². The minimum atomic E-state index is -0.192. The summed E-state index contributed by atoms with van der Waals surface area (Å²) in [6.07, 6.45) is 0. The topological polar surface area (TPSA) is 0 Å². The van der Waals surface area contributed by atoms with E-state index >= 15 is 0 Å². The van der Waals surface area contributed by atoms with Gasteiger partial charge < -0.3 is 49.7 Å². The van der Waals surface area contributed by atoms with Gasteiger partial charge in [0, 0.05) is 0 Å². The lowest BCUT2D eigenvalue weighted by Crippen LogP contribution is -1.48. The second-order valence-electron chi connectivity index (χ2n) is 1.92. The SMILES string of the molecule is [PH-]P([PH-])P(P([PH-])[PH-])P(P(P)P)P(P)P. The molecule has 86 valence electrons. The van der Waals surface area contributed by atoms with Gasteiger partial charge in [0.15, 0.2) is 0 Å². The molecule has 0 saturated carbocycles. The Balaban J connectivity index is 4.74. The van der Waals surface area contributed by atoms with Crippen LogP contribution in [0.25, 0.3) is 0 Å².